The molecule has 12 heteroatoms. The van der Waals surface area contributed by atoms with Gasteiger partial charge in [0.05, 0.1) is 6.04 Å². The van der Waals surface area contributed by atoms with Gasteiger partial charge in [0.2, 0.25) is 11.9 Å². The van der Waals surface area contributed by atoms with Crippen molar-refractivity contribution in [2.75, 3.05) is 11.1 Å². The van der Waals surface area contributed by atoms with Crippen LogP contribution >= 0.6 is 0 Å². The number of halogens is 3. The van der Waals surface area contributed by atoms with Gasteiger partial charge >= 0.3 is 6.36 Å². The average Bonchev–Trinajstić information content (AvgIpc) is 3.19. The van der Waals surface area contributed by atoms with Gasteiger partial charge in [-0.1, -0.05) is 18.7 Å². The SMILES string of the molecule is C=CC(=O)NC1C=CC=C(n2cnc3c(N)nc(Nc4ccc(OC(F)(F)F)cc4)nc32)C1. The first-order chi connectivity index (χ1) is 15.7. The first kappa shape index (κ1) is 21.9. The number of hydrogen-bond donors (Lipinski definition) is 3. The van der Waals surface area contributed by atoms with Crippen molar-refractivity contribution in [3.63, 3.8) is 0 Å². The van der Waals surface area contributed by atoms with Gasteiger partial charge in [0.1, 0.15) is 12.1 Å². The number of allylic oxidation sites excluding steroid dienone is 2. The number of carbonyl (C=O) groups excluding carboxylic acids is 1. The predicted molar refractivity (Wildman–Crippen MR) is 116 cm³/mol. The summed E-state index contributed by atoms with van der Waals surface area (Å²) in [6, 6.07) is 4.88. The minimum absolute atomic E-state index is 0.127. The fourth-order valence-electron chi connectivity index (χ4n) is 3.24. The number of nitrogen functional groups attached to an aromatic ring is 1. The molecule has 1 aliphatic carbocycles. The highest BCUT2D eigenvalue weighted by atomic mass is 19.4. The van der Waals surface area contributed by atoms with Crippen LogP contribution in [0, 0.1) is 0 Å². The van der Waals surface area contributed by atoms with Gasteiger partial charge in [0.25, 0.3) is 0 Å². The van der Waals surface area contributed by atoms with E-state index in [9.17, 15) is 18.0 Å². The number of nitrogens with one attached hydrogen (secondary N) is 2. The molecule has 1 amide bonds. The largest absolute Gasteiger partial charge is 0.573 e. The van der Waals surface area contributed by atoms with Crippen LogP contribution in [0.3, 0.4) is 0 Å². The number of ether oxygens (including phenoxy) is 1. The second-order valence-electron chi connectivity index (χ2n) is 6.98. The van der Waals surface area contributed by atoms with Crippen LogP contribution in [-0.2, 0) is 4.79 Å². The molecule has 1 unspecified atom stereocenters. The second kappa shape index (κ2) is 8.65. The van der Waals surface area contributed by atoms with E-state index >= 15 is 0 Å². The number of fused-ring (bicyclic) bond motifs is 1. The molecule has 33 heavy (non-hydrogen) atoms. The zero-order valence-corrected chi connectivity index (χ0v) is 17.0. The Morgan fingerprint density at radius 3 is 2.73 bits per heavy atom. The highest BCUT2D eigenvalue weighted by molar-refractivity contribution is 5.88. The number of anilines is 3. The minimum atomic E-state index is -4.77. The van der Waals surface area contributed by atoms with Crippen molar-refractivity contribution in [3.05, 3.63) is 61.5 Å². The zero-order valence-electron chi connectivity index (χ0n) is 17.0. The van der Waals surface area contributed by atoms with Crippen LogP contribution in [0.2, 0.25) is 0 Å². The fraction of sp³-hybridized carbons (Fsp3) is 0.143. The molecule has 4 rings (SSSR count). The molecule has 1 aromatic carbocycles. The van der Waals surface area contributed by atoms with E-state index < -0.39 is 6.36 Å². The molecule has 0 aliphatic heterocycles. The van der Waals surface area contributed by atoms with E-state index in [2.05, 4.69) is 36.9 Å². The molecule has 0 spiro atoms. The number of rotatable bonds is 6. The van der Waals surface area contributed by atoms with Crippen molar-refractivity contribution < 1.29 is 22.7 Å². The molecule has 170 valence electrons. The summed E-state index contributed by atoms with van der Waals surface area (Å²) < 4.78 is 42.6. The smallest absolute Gasteiger partial charge is 0.406 e. The summed E-state index contributed by atoms with van der Waals surface area (Å²) in [5.74, 6) is -0.375. The lowest BCUT2D eigenvalue weighted by Gasteiger charge is -2.20. The Hall–Kier alpha value is -4.35. The van der Waals surface area contributed by atoms with Crippen LogP contribution in [-0.4, -0.2) is 37.8 Å². The molecule has 0 saturated carbocycles. The Balaban J connectivity index is 1.58. The van der Waals surface area contributed by atoms with Gasteiger partial charge in [-0.3, -0.25) is 9.36 Å². The molecule has 0 fully saturated rings. The Morgan fingerprint density at radius 2 is 2.03 bits per heavy atom. The molecule has 0 bridgehead atoms. The van der Waals surface area contributed by atoms with Crippen LogP contribution in [0.1, 0.15) is 6.42 Å². The summed E-state index contributed by atoms with van der Waals surface area (Å²) in [7, 11) is 0. The summed E-state index contributed by atoms with van der Waals surface area (Å²) >= 11 is 0. The summed E-state index contributed by atoms with van der Waals surface area (Å²) in [6.45, 7) is 3.45. The molecule has 3 aromatic rings. The lowest BCUT2D eigenvalue weighted by molar-refractivity contribution is -0.274. The van der Waals surface area contributed by atoms with E-state index in [4.69, 9.17) is 5.73 Å². The highest BCUT2D eigenvalue weighted by Gasteiger charge is 2.31. The number of hydrogen-bond acceptors (Lipinski definition) is 7. The van der Waals surface area contributed by atoms with Gasteiger partial charge in [-0.05, 0) is 36.4 Å². The molecule has 0 radical (unpaired) electrons. The Kier molecular flexibility index (Phi) is 5.73. The summed E-state index contributed by atoms with van der Waals surface area (Å²) in [4.78, 5) is 24.5. The maximum atomic E-state index is 12.3. The van der Waals surface area contributed by atoms with Crippen molar-refractivity contribution in [3.8, 4) is 5.75 Å². The molecule has 1 atom stereocenters. The third kappa shape index (κ3) is 5.11. The molecule has 4 N–H and O–H groups in total. The lowest BCUT2D eigenvalue weighted by Crippen LogP contribution is -2.33. The maximum absolute atomic E-state index is 12.3. The zero-order chi connectivity index (χ0) is 23.6. The van der Waals surface area contributed by atoms with Crippen molar-refractivity contribution in [2.45, 2.75) is 18.8 Å². The van der Waals surface area contributed by atoms with Gasteiger partial charge < -0.3 is 21.1 Å². The van der Waals surface area contributed by atoms with Crippen LogP contribution in [0.4, 0.5) is 30.6 Å². The van der Waals surface area contributed by atoms with Gasteiger partial charge in [-0.25, -0.2) is 4.98 Å². The number of amides is 1. The number of carbonyl (C=O) groups is 1. The highest BCUT2D eigenvalue weighted by Crippen LogP contribution is 2.28. The molecule has 2 heterocycles. The molecule has 1 aliphatic rings. The molecule has 0 saturated heterocycles. The summed E-state index contributed by atoms with van der Waals surface area (Å²) in [5, 5.41) is 5.72. The quantitative estimate of drug-likeness (QED) is 0.485. The van der Waals surface area contributed by atoms with Crippen LogP contribution in [0.5, 0.6) is 5.75 Å². The third-order valence-corrected chi connectivity index (χ3v) is 4.65. The fourth-order valence-corrected chi connectivity index (χ4v) is 3.24. The molecular formula is C21H18F3N7O2. The maximum Gasteiger partial charge on any atom is 0.573 e. The van der Waals surface area contributed by atoms with Gasteiger partial charge in [-0.15, -0.1) is 13.2 Å². The van der Waals surface area contributed by atoms with Gasteiger partial charge in [0.15, 0.2) is 17.0 Å². The average molecular weight is 457 g/mol. The molecule has 2 aromatic heterocycles. The number of aromatic nitrogens is 4. The number of imidazole rings is 1. The monoisotopic (exact) mass is 457 g/mol. The topological polar surface area (TPSA) is 120 Å². The number of alkyl halides is 3. The minimum Gasteiger partial charge on any atom is -0.406 e. The van der Waals surface area contributed by atoms with Crippen molar-refractivity contribution in [1.82, 2.24) is 24.8 Å². The van der Waals surface area contributed by atoms with E-state index in [1.807, 2.05) is 18.2 Å². The van der Waals surface area contributed by atoms with E-state index in [0.717, 1.165) is 5.70 Å². The third-order valence-electron chi connectivity index (χ3n) is 4.65. The number of nitrogens with two attached hydrogens (primary N) is 1. The summed E-state index contributed by atoms with van der Waals surface area (Å²) in [6.07, 6.45) is 4.00. The lowest BCUT2D eigenvalue weighted by atomic mass is 10.1. The Bertz CT molecular complexity index is 1260. The van der Waals surface area contributed by atoms with Crippen molar-refractivity contribution in [1.29, 1.82) is 0 Å². The van der Waals surface area contributed by atoms with E-state index in [1.54, 1.807) is 10.9 Å². The van der Waals surface area contributed by atoms with E-state index in [0.29, 0.717) is 23.3 Å². The Labute approximate surface area is 185 Å². The standard InChI is InChI=1S/C21H18F3N7O2/c1-2-16(32)27-13-4-3-5-14(10-13)31-11-26-17-18(25)29-20(30-19(17)31)28-12-6-8-15(9-7-12)33-21(22,23)24/h2-9,11,13H,1,10H2,(H,27,32)(H3,25,28,29,30). The number of benzene rings is 1. The van der Waals surface area contributed by atoms with Crippen molar-refractivity contribution >= 4 is 40.2 Å². The second-order valence-corrected chi connectivity index (χ2v) is 6.98. The van der Waals surface area contributed by atoms with Crippen LogP contribution in [0.25, 0.3) is 16.9 Å². The van der Waals surface area contributed by atoms with Gasteiger partial charge in [-0.2, -0.15) is 9.97 Å². The first-order valence-electron chi connectivity index (χ1n) is 9.66. The predicted octanol–water partition coefficient (Wildman–Crippen LogP) is 3.52. The Morgan fingerprint density at radius 1 is 1.27 bits per heavy atom. The van der Waals surface area contributed by atoms with Crippen molar-refractivity contribution in [2.24, 2.45) is 0 Å². The van der Waals surface area contributed by atoms with Crippen LogP contribution in [0.15, 0.2) is 61.5 Å². The molecule has 9 nitrogen and oxygen atoms in total. The number of nitrogens with zero attached hydrogens (tertiary/aromatic N) is 4. The van der Waals surface area contributed by atoms with Crippen LogP contribution < -0.4 is 21.1 Å². The first-order valence-corrected chi connectivity index (χ1v) is 9.66. The normalized spacial score (nSPS) is 15.7. The summed E-state index contributed by atoms with van der Waals surface area (Å²) in [5.41, 5.74) is 8.10. The molecular weight excluding hydrogens is 439 g/mol. The van der Waals surface area contributed by atoms with E-state index in [1.165, 1.54) is 30.3 Å². The van der Waals surface area contributed by atoms with Gasteiger partial charge in [0, 0.05) is 17.8 Å². The van der Waals surface area contributed by atoms with E-state index in [-0.39, 0.29) is 29.5 Å².